The molecule has 0 spiro atoms. The lowest BCUT2D eigenvalue weighted by Crippen LogP contribution is -2.19. The highest BCUT2D eigenvalue weighted by Gasteiger charge is 2.21. The zero-order valence-electron chi connectivity index (χ0n) is 29.0. The van der Waals surface area contributed by atoms with E-state index < -0.39 is 0 Å². The summed E-state index contributed by atoms with van der Waals surface area (Å²) in [4.78, 5) is 5.27. The Bertz CT molecular complexity index is 2280. The summed E-state index contributed by atoms with van der Waals surface area (Å²) in [6.45, 7) is 11.3. The summed E-state index contributed by atoms with van der Waals surface area (Å²) in [6.07, 6.45) is 13.5. The second-order valence-corrected chi connectivity index (χ2v) is 13.4. The molecular weight excluding hydrogens is 581 g/mol. The van der Waals surface area contributed by atoms with Crippen molar-refractivity contribution in [2.24, 2.45) is 4.99 Å². The number of hydrogen-bond donors (Lipinski definition) is 0. The maximum absolute atomic E-state index is 5.27. The molecule has 2 atom stereocenters. The number of aryl methyl sites for hydroxylation is 1. The molecule has 1 aromatic heterocycles. The molecule has 2 nitrogen and oxygen atoms in total. The average molecular weight is 627 g/mol. The van der Waals surface area contributed by atoms with Crippen LogP contribution in [-0.4, -0.2) is 16.3 Å². The smallest absolute Gasteiger partial charge is 0.0656 e. The monoisotopic (exact) mass is 626 g/mol. The summed E-state index contributed by atoms with van der Waals surface area (Å²) in [6, 6.07) is 38.2. The molecule has 0 radical (unpaired) electrons. The first-order chi connectivity index (χ1) is 23.5. The quantitative estimate of drug-likeness (QED) is 0.142. The van der Waals surface area contributed by atoms with Crippen LogP contribution in [0.4, 0.5) is 0 Å². The molecule has 1 heterocycles. The predicted octanol–water partition coefficient (Wildman–Crippen LogP) is 11.7. The normalized spacial score (nSPS) is 16.8. The van der Waals surface area contributed by atoms with Gasteiger partial charge in [-0.3, -0.25) is 4.99 Å². The van der Waals surface area contributed by atoms with E-state index in [4.69, 9.17) is 4.99 Å². The summed E-state index contributed by atoms with van der Waals surface area (Å²) in [7, 11) is 0. The fourth-order valence-electron chi connectivity index (χ4n) is 7.49. The van der Waals surface area contributed by atoms with Gasteiger partial charge in [-0.2, -0.15) is 0 Å². The molecule has 1 aliphatic rings. The van der Waals surface area contributed by atoms with Gasteiger partial charge in [0.05, 0.1) is 5.71 Å². The van der Waals surface area contributed by atoms with Gasteiger partial charge >= 0.3 is 0 Å². The molecule has 0 fully saturated rings. The summed E-state index contributed by atoms with van der Waals surface area (Å²) < 4.78 is 2.56. The van der Waals surface area contributed by atoms with Crippen LogP contribution in [-0.2, 0) is 0 Å². The fraction of sp³-hybridized carbons (Fsp3) is 0.239. The van der Waals surface area contributed by atoms with Crippen LogP contribution in [0.15, 0.2) is 137 Å². The van der Waals surface area contributed by atoms with Crippen LogP contribution in [0.25, 0.3) is 44.1 Å². The van der Waals surface area contributed by atoms with Crippen molar-refractivity contribution in [2.45, 2.75) is 72.4 Å². The minimum atomic E-state index is 0.241. The van der Waals surface area contributed by atoms with E-state index in [2.05, 4.69) is 167 Å². The SMILES string of the molecule is CCC(C)N=C(/C=C/C1=C(c2ccccc2)C(=C/C=c2\c3cccc4cccc(c43)n2C(C)CC)/CC1)c1cccc2cccc(C)c12. The maximum Gasteiger partial charge on any atom is 0.0656 e. The Balaban J connectivity index is 1.39. The largest absolute Gasteiger partial charge is 0.338 e. The van der Waals surface area contributed by atoms with Crippen molar-refractivity contribution < 1.29 is 0 Å². The first-order valence-corrected chi connectivity index (χ1v) is 17.7. The first kappa shape index (κ1) is 31.6. The number of aromatic nitrogens is 1. The van der Waals surface area contributed by atoms with E-state index in [0.717, 1.165) is 31.4 Å². The van der Waals surface area contributed by atoms with Crippen molar-refractivity contribution in [3.63, 3.8) is 0 Å². The molecular formula is C46H46N2. The van der Waals surface area contributed by atoms with Crippen LogP contribution in [0.3, 0.4) is 0 Å². The highest BCUT2D eigenvalue weighted by atomic mass is 15.0. The molecule has 0 saturated heterocycles. The Kier molecular flexibility index (Phi) is 9.00. The highest BCUT2D eigenvalue weighted by molar-refractivity contribution is 6.17. The zero-order chi connectivity index (χ0) is 33.2. The summed E-state index contributed by atoms with van der Waals surface area (Å²) in [5.74, 6) is 0. The Morgan fingerprint density at radius 1 is 0.750 bits per heavy atom. The van der Waals surface area contributed by atoms with E-state index in [-0.39, 0.29) is 6.04 Å². The van der Waals surface area contributed by atoms with E-state index in [1.807, 2.05) is 0 Å². The highest BCUT2D eigenvalue weighted by Crippen LogP contribution is 2.40. The minimum absolute atomic E-state index is 0.241. The summed E-state index contributed by atoms with van der Waals surface area (Å²) in [5.41, 5.74) is 10.3. The third-order valence-corrected chi connectivity index (χ3v) is 10.3. The van der Waals surface area contributed by atoms with Gasteiger partial charge in [-0.05, 0) is 109 Å². The Hall–Kier alpha value is -4.95. The molecule has 2 heteroatoms. The summed E-state index contributed by atoms with van der Waals surface area (Å²) in [5, 5.41) is 7.87. The van der Waals surface area contributed by atoms with Crippen LogP contribution in [0.5, 0.6) is 0 Å². The second-order valence-electron chi connectivity index (χ2n) is 13.4. The third kappa shape index (κ3) is 5.85. The van der Waals surface area contributed by atoms with Crippen molar-refractivity contribution in [2.75, 3.05) is 0 Å². The van der Waals surface area contributed by atoms with E-state index in [1.165, 1.54) is 71.2 Å². The first-order valence-electron chi connectivity index (χ1n) is 17.7. The third-order valence-electron chi connectivity index (χ3n) is 10.3. The van der Waals surface area contributed by atoms with Gasteiger partial charge in [-0.25, -0.2) is 0 Å². The van der Waals surface area contributed by atoms with Gasteiger partial charge in [0.1, 0.15) is 0 Å². The average Bonchev–Trinajstić information content (AvgIpc) is 3.68. The molecule has 0 amide bonds. The standard InChI is InChI=1S/C46H46N2/c1-6-32(4)47-41(39-22-12-19-34-18-11-15-31(3)44(34)39)29-27-37-25-26-38(45(37)35-16-9-8-10-17-35)28-30-42-40-23-13-20-36-21-14-24-43(46(36)40)48(42)33(5)7-2/h8-24,27-30,32-33H,6-7,25-26H2,1-5H3/b29-27+,38-28+,42-30+,47-41?. The number of benzene rings is 5. The van der Waals surface area contributed by atoms with Crippen molar-refractivity contribution in [1.82, 2.24) is 4.57 Å². The fourth-order valence-corrected chi connectivity index (χ4v) is 7.49. The van der Waals surface area contributed by atoms with Gasteiger partial charge in [0.25, 0.3) is 0 Å². The van der Waals surface area contributed by atoms with Gasteiger partial charge < -0.3 is 4.57 Å². The molecule has 1 aliphatic carbocycles. The van der Waals surface area contributed by atoms with Crippen LogP contribution in [0.1, 0.15) is 76.1 Å². The molecule has 7 rings (SSSR count). The molecule has 6 aromatic rings. The van der Waals surface area contributed by atoms with Crippen molar-refractivity contribution >= 4 is 49.8 Å². The van der Waals surface area contributed by atoms with Crippen LogP contribution >= 0.6 is 0 Å². The Labute approximate surface area is 285 Å². The van der Waals surface area contributed by atoms with E-state index >= 15 is 0 Å². The molecule has 0 saturated carbocycles. The number of rotatable bonds is 9. The van der Waals surface area contributed by atoms with Crippen LogP contribution in [0, 0.1) is 6.92 Å². The molecule has 0 bridgehead atoms. The van der Waals surface area contributed by atoms with Gasteiger partial charge in [0, 0.05) is 39.3 Å². The molecule has 5 aromatic carbocycles. The van der Waals surface area contributed by atoms with Crippen molar-refractivity contribution in [3.8, 4) is 0 Å². The molecule has 48 heavy (non-hydrogen) atoms. The molecule has 240 valence electrons. The summed E-state index contributed by atoms with van der Waals surface area (Å²) >= 11 is 0. The van der Waals surface area contributed by atoms with Gasteiger partial charge in [0.2, 0.25) is 0 Å². The van der Waals surface area contributed by atoms with Gasteiger partial charge in [-0.1, -0.05) is 123 Å². The van der Waals surface area contributed by atoms with Gasteiger partial charge in [-0.15, -0.1) is 0 Å². The number of aliphatic imine (C=N–C) groups is 1. The molecule has 0 aliphatic heterocycles. The van der Waals surface area contributed by atoms with Gasteiger partial charge in [0.15, 0.2) is 0 Å². The predicted molar refractivity (Wildman–Crippen MR) is 209 cm³/mol. The second kappa shape index (κ2) is 13.6. The lowest BCUT2D eigenvalue weighted by atomic mass is 9.95. The molecule has 2 unspecified atom stereocenters. The van der Waals surface area contributed by atoms with Crippen LogP contribution in [0.2, 0.25) is 0 Å². The number of hydrogen-bond acceptors (Lipinski definition) is 1. The zero-order valence-corrected chi connectivity index (χ0v) is 29.0. The number of allylic oxidation sites excluding steroid dienone is 6. The number of nitrogens with zero attached hydrogens (tertiary/aromatic N) is 2. The lowest BCUT2D eigenvalue weighted by Gasteiger charge is -2.14. The molecule has 0 N–H and O–H groups in total. The Morgan fingerprint density at radius 2 is 1.46 bits per heavy atom. The van der Waals surface area contributed by atoms with Crippen LogP contribution < -0.4 is 5.35 Å². The van der Waals surface area contributed by atoms with E-state index in [0.29, 0.717) is 6.04 Å². The van der Waals surface area contributed by atoms with Crippen molar-refractivity contribution in [3.05, 3.63) is 155 Å². The van der Waals surface area contributed by atoms with E-state index in [1.54, 1.807) is 0 Å². The lowest BCUT2D eigenvalue weighted by molar-refractivity contribution is 0.539. The maximum atomic E-state index is 5.27. The Morgan fingerprint density at radius 3 is 2.21 bits per heavy atom. The minimum Gasteiger partial charge on any atom is -0.338 e. The van der Waals surface area contributed by atoms with E-state index in [9.17, 15) is 0 Å². The topological polar surface area (TPSA) is 17.3 Å². The van der Waals surface area contributed by atoms with Crippen molar-refractivity contribution in [1.29, 1.82) is 0 Å². The number of fused-ring (bicyclic) bond motifs is 1.